The molecule has 0 spiro atoms. The van der Waals surface area contributed by atoms with Gasteiger partial charge >= 0.3 is 0 Å². The van der Waals surface area contributed by atoms with Crippen LogP contribution < -0.4 is 5.32 Å². The van der Waals surface area contributed by atoms with E-state index in [2.05, 4.69) is 53.4 Å². The number of aryl methyl sites for hydroxylation is 1. The first-order valence-corrected chi connectivity index (χ1v) is 8.84. The highest BCUT2D eigenvalue weighted by atomic mass is 16.1. The second-order valence-corrected chi connectivity index (χ2v) is 6.50. The van der Waals surface area contributed by atoms with Gasteiger partial charge in [0, 0.05) is 18.2 Å². The molecule has 0 bridgehead atoms. The van der Waals surface area contributed by atoms with E-state index in [1.54, 1.807) is 17.1 Å². The number of likely N-dealkylation sites (N-methyl/N-ethyl adjacent to an activating group) is 1. The number of carbonyl (C=O) groups excluding carboxylic acids is 1. The molecule has 0 unspecified atom stereocenters. The van der Waals surface area contributed by atoms with Crippen molar-refractivity contribution in [3.63, 3.8) is 0 Å². The molecule has 1 aromatic carbocycles. The Morgan fingerprint density at radius 1 is 1.28 bits per heavy atom. The fourth-order valence-electron chi connectivity index (χ4n) is 3.10. The molecule has 7 nitrogen and oxygen atoms in total. The summed E-state index contributed by atoms with van der Waals surface area (Å²) in [4.78, 5) is 14.9. The van der Waals surface area contributed by atoms with Crippen molar-refractivity contribution >= 4 is 5.91 Å². The van der Waals surface area contributed by atoms with Crippen molar-refractivity contribution in [1.29, 1.82) is 0 Å². The van der Waals surface area contributed by atoms with Gasteiger partial charge < -0.3 is 5.32 Å². The summed E-state index contributed by atoms with van der Waals surface area (Å²) in [6, 6.07) is 5.88. The molecule has 0 saturated heterocycles. The van der Waals surface area contributed by atoms with Crippen LogP contribution in [0.25, 0.3) is 5.69 Å². The zero-order chi connectivity index (χ0) is 18.4. The number of aromatic nitrogens is 4. The Morgan fingerprint density at radius 2 is 2.00 bits per heavy atom. The summed E-state index contributed by atoms with van der Waals surface area (Å²) in [5, 5.41) is 14.3. The molecule has 1 amide bonds. The molecular formula is C18H28N6O. The summed E-state index contributed by atoms with van der Waals surface area (Å²) in [6.07, 6.45) is 1.54. The average molecular weight is 344 g/mol. The number of tetrazole rings is 1. The van der Waals surface area contributed by atoms with Gasteiger partial charge in [0.15, 0.2) is 0 Å². The Balaban J connectivity index is 2.06. The molecule has 0 aliphatic carbocycles. The SMILES string of the molecule is CCN(CC)[C@@H](CNC(=O)c1ccc(-n2cnnn2)c(C)c1)C(C)C. The van der Waals surface area contributed by atoms with Gasteiger partial charge in [-0.2, -0.15) is 0 Å². The van der Waals surface area contributed by atoms with Crippen LogP contribution >= 0.6 is 0 Å². The van der Waals surface area contributed by atoms with Crippen molar-refractivity contribution in [2.75, 3.05) is 19.6 Å². The number of nitrogens with zero attached hydrogens (tertiary/aromatic N) is 5. The number of amides is 1. The molecule has 7 heteroatoms. The van der Waals surface area contributed by atoms with Crippen LogP contribution in [-0.2, 0) is 0 Å². The van der Waals surface area contributed by atoms with E-state index in [1.165, 1.54) is 0 Å². The monoisotopic (exact) mass is 344 g/mol. The number of benzene rings is 1. The van der Waals surface area contributed by atoms with Gasteiger partial charge in [-0.15, -0.1) is 5.10 Å². The van der Waals surface area contributed by atoms with Gasteiger partial charge in [-0.05, 0) is 60.1 Å². The van der Waals surface area contributed by atoms with Crippen LogP contribution in [0.4, 0.5) is 0 Å². The minimum Gasteiger partial charge on any atom is -0.350 e. The van der Waals surface area contributed by atoms with Gasteiger partial charge in [-0.1, -0.05) is 27.7 Å². The molecule has 0 aliphatic heterocycles. The molecule has 0 saturated carbocycles. The second kappa shape index (κ2) is 8.71. The fourth-order valence-corrected chi connectivity index (χ4v) is 3.10. The van der Waals surface area contributed by atoms with Crippen LogP contribution in [-0.4, -0.2) is 56.7 Å². The molecule has 0 fully saturated rings. The largest absolute Gasteiger partial charge is 0.350 e. The Morgan fingerprint density at radius 3 is 2.52 bits per heavy atom. The number of nitrogens with one attached hydrogen (secondary N) is 1. The van der Waals surface area contributed by atoms with E-state index in [-0.39, 0.29) is 5.91 Å². The van der Waals surface area contributed by atoms with Gasteiger partial charge in [0.25, 0.3) is 5.91 Å². The summed E-state index contributed by atoms with van der Waals surface area (Å²) < 4.78 is 1.59. The highest BCUT2D eigenvalue weighted by Crippen LogP contribution is 2.15. The van der Waals surface area contributed by atoms with Crippen molar-refractivity contribution in [1.82, 2.24) is 30.4 Å². The Kier molecular flexibility index (Phi) is 6.64. The van der Waals surface area contributed by atoms with Crippen LogP contribution in [0.2, 0.25) is 0 Å². The van der Waals surface area contributed by atoms with Gasteiger partial charge in [0.05, 0.1) is 5.69 Å². The lowest BCUT2D eigenvalue weighted by molar-refractivity contribution is 0.0921. The van der Waals surface area contributed by atoms with E-state index in [0.717, 1.165) is 24.3 Å². The minimum atomic E-state index is -0.0517. The standard InChI is InChI=1S/C18H28N6O/c1-6-23(7-2)17(13(3)4)11-19-18(25)15-8-9-16(14(5)10-15)24-12-20-21-22-24/h8-10,12-13,17H,6-7,11H2,1-5H3,(H,19,25)/t17-/m0/s1. The molecule has 1 aromatic heterocycles. The maximum atomic E-state index is 12.5. The Labute approximate surface area is 149 Å². The molecule has 2 rings (SSSR count). The first-order valence-electron chi connectivity index (χ1n) is 8.84. The molecule has 1 heterocycles. The Hall–Kier alpha value is -2.28. The predicted molar refractivity (Wildman–Crippen MR) is 97.8 cm³/mol. The van der Waals surface area contributed by atoms with E-state index in [4.69, 9.17) is 0 Å². The Bertz CT molecular complexity index is 679. The van der Waals surface area contributed by atoms with Crippen LogP contribution in [0, 0.1) is 12.8 Å². The third-order valence-corrected chi connectivity index (χ3v) is 4.58. The predicted octanol–water partition coefficient (Wildman–Crippen LogP) is 2.07. The molecular weight excluding hydrogens is 316 g/mol. The van der Waals surface area contributed by atoms with Gasteiger partial charge in [-0.3, -0.25) is 9.69 Å². The van der Waals surface area contributed by atoms with Crippen molar-refractivity contribution < 1.29 is 4.79 Å². The van der Waals surface area contributed by atoms with Crippen molar-refractivity contribution in [3.8, 4) is 5.69 Å². The molecule has 2 aromatic rings. The highest BCUT2D eigenvalue weighted by molar-refractivity contribution is 5.94. The molecule has 1 N–H and O–H groups in total. The third-order valence-electron chi connectivity index (χ3n) is 4.58. The van der Waals surface area contributed by atoms with Gasteiger partial charge in [0.1, 0.15) is 6.33 Å². The maximum absolute atomic E-state index is 12.5. The van der Waals surface area contributed by atoms with Gasteiger partial charge in [0.2, 0.25) is 0 Å². The van der Waals surface area contributed by atoms with Crippen molar-refractivity contribution in [2.45, 2.75) is 40.7 Å². The number of hydrogen-bond donors (Lipinski definition) is 1. The van der Waals surface area contributed by atoms with Crippen LogP contribution in [0.1, 0.15) is 43.6 Å². The maximum Gasteiger partial charge on any atom is 0.251 e. The number of rotatable bonds is 8. The highest BCUT2D eigenvalue weighted by Gasteiger charge is 2.20. The third kappa shape index (κ3) is 4.63. The first-order chi connectivity index (χ1) is 12.0. The molecule has 136 valence electrons. The van der Waals surface area contributed by atoms with Gasteiger partial charge in [-0.25, -0.2) is 4.68 Å². The smallest absolute Gasteiger partial charge is 0.251 e. The van der Waals surface area contributed by atoms with Crippen LogP contribution in [0.3, 0.4) is 0 Å². The second-order valence-electron chi connectivity index (χ2n) is 6.50. The summed E-state index contributed by atoms with van der Waals surface area (Å²) in [5.41, 5.74) is 2.46. The molecule has 0 aliphatic rings. The normalized spacial score (nSPS) is 12.6. The topological polar surface area (TPSA) is 75.9 Å². The van der Waals surface area contributed by atoms with E-state index >= 15 is 0 Å². The number of carbonyl (C=O) groups is 1. The minimum absolute atomic E-state index is 0.0517. The summed E-state index contributed by atoms with van der Waals surface area (Å²) in [6.45, 7) is 13.3. The van der Waals surface area contributed by atoms with Crippen LogP contribution in [0.5, 0.6) is 0 Å². The molecule has 0 radical (unpaired) electrons. The van der Waals surface area contributed by atoms with Crippen molar-refractivity contribution in [2.24, 2.45) is 5.92 Å². The molecule has 25 heavy (non-hydrogen) atoms. The summed E-state index contributed by atoms with van der Waals surface area (Å²) in [5.74, 6) is 0.424. The zero-order valence-electron chi connectivity index (χ0n) is 15.7. The lowest BCUT2D eigenvalue weighted by Crippen LogP contribution is -2.46. The summed E-state index contributed by atoms with van der Waals surface area (Å²) >= 11 is 0. The lowest BCUT2D eigenvalue weighted by atomic mass is 10.0. The zero-order valence-corrected chi connectivity index (χ0v) is 15.7. The van der Waals surface area contributed by atoms with Crippen molar-refractivity contribution in [3.05, 3.63) is 35.7 Å². The van der Waals surface area contributed by atoms with E-state index in [9.17, 15) is 4.79 Å². The van der Waals surface area contributed by atoms with E-state index in [0.29, 0.717) is 24.1 Å². The van der Waals surface area contributed by atoms with E-state index in [1.807, 2.05) is 19.1 Å². The quantitative estimate of drug-likeness (QED) is 0.793. The fraction of sp³-hybridized carbons (Fsp3) is 0.556. The lowest BCUT2D eigenvalue weighted by Gasteiger charge is -2.32. The van der Waals surface area contributed by atoms with E-state index < -0.39 is 0 Å². The first kappa shape index (κ1) is 19.1. The molecule has 1 atom stereocenters. The number of hydrogen-bond acceptors (Lipinski definition) is 5. The van der Waals surface area contributed by atoms with Crippen LogP contribution in [0.15, 0.2) is 24.5 Å². The average Bonchev–Trinajstić information content (AvgIpc) is 3.12. The summed E-state index contributed by atoms with van der Waals surface area (Å²) in [7, 11) is 0.